The predicted molar refractivity (Wildman–Crippen MR) is 63.9 cm³/mol. The minimum atomic E-state index is -1.02. The topological polar surface area (TPSA) is 94.8 Å². The van der Waals surface area contributed by atoms with E-state index >= 15 is 0 Å². The third kappa shape index (κ3) is 3.30. The lowest BCUT2D eigenvalue weighted by Crippen LogP contribution is -2.16. The Morgan fingerprint density at radius 2 is 2.35 bits per heavy atom. The first-order chi connectivity index (χ1) is 8.08. The SMILES string of the molecule is C/C=C1/C(/C=C/C(=O)O)=CN/C1=N/C(=N)OC. The first kappa shape index (κ1) is 12.7. The van der Waals surface area contributed by atoms with E-state index in [1.807, 2.05) is 0 Å². The Labute approximate surface area is 98.5 Å². The molecule has 3 N–H and O–H groups in total. The van der Waals surface area contributed by atoms with Gasteiger partial charge in [0, 0.05) is 23.4 Å². The summed E-state index contributed by atoms with van der Waals surface area (Å²) in [4.78, 5) is 14.3. The number of hydrogen-bond acceptors (Lipinski definition) is 3. The number of aliphatic carboxylic acids is 1. The molecule has 0 aromatic rings. The van der Waals surface area contributed by atoms with Gasteiger partial charge in [-0.3, -0.25) is 0 Å². The summed E-state index contributed by atoms with van der Waals surface area (Å²) in [6.45, 7) is 1.80. The van der Waals surface area contributed by atoms with Gasteiger partial charge in [0.25, 0.3) is 0 Å². The van der Waals surface area contributed by atoms with E-state index in [1.54, 1.807) is 19.2 Å². The van der Waals surface area contributed by atoms with Crippen LogP contribution in [0.1, 0.15) is 6.92 Å². The number of methoxy groups -OCH3 is 1. The number of carboxylic acid groups (broad SMARTS) is 1. The van der Waals surface area contributed by atoms with Crippen LogP contribution in [0.4, 0.5) is 0 Å². The molecule has 1 rings (SSSR count). The second kappa shape index (κ2) is 5.64. The van der Waals surface area contributed by atoms with E-state index in [4.69, 9.17) is 10.5 Å². The van der Waals surface area contributed by atoms with Gasteiger partial charge in [-0.25, -0.2) is 10.2 Å². The number of aliphatic imine (C=N–C) groups is 1. The molecule has 0 bridgehead atoms. The number of hydrogen-bond donors (Lipinski definition) is 3. The smallest absolute Gasteiger partial charge is 0.328 e. The summed E-state index contributed by atoms with van der Waals surface area (Å²) >= 11 is 0. The minimum absolute atomic E-state index is 0.219. The van der Waals surface area contributed by atoms with Crippen molar-refractivity contribution < 1.29 is 14.6 Å². The quantitative estimate of drug-likeness (QED) is 0.378. The van der Waals surface area contributed by atoms with Crippen LogP contribution in [-0.4, -0.2) is 30.0 Å². The highest BCUT2D eigenvalue weighted by atomic mass is 16.5. The molecule has 0 aliphatic carbocycles. The molecule has 1 aliphatic heterocycles. The normalized spacial score (nSPS) is 19.5. The Morgan fingerprint density at radius 1 is 1.65 bits per heavy atom. The van der Waals surface area contributed by atoms with Crippen LogP contribution < -0.4 is 5.32 Å². The van der Waals surface area contributed by atoms with Crippen LogP contribution >= 0.6 is 0 Å². The van der Waals surface area contributed by atoms with Gasteiger partial charge in [-0.2, -0.15) is 4.99 Å². The molecule has 1 heterocycles. The average molecular weight is 235 g/mol. The van der Waals surface area contributed by atoms with Gasteiger partial charge in [0.05, 0.1) is 7.11 Å². The van der Waals surface area contributed by atoms with Gasteiger partial charge in [0.2, 0.25) is 0 Å². The van der Waals surface area contributed by atoms with Gasteiger partial charge in [-0.05, 0) is 13.0 Å². The summed E-state index contributed by atoms with van der Waals surface area (Å²) in [7, 11) is 1.36. The van der Waals surface area contributed by atoms with E-state index in [0.717, 1.165) is 11.6 Å². The van der Waals surface area contributed by atoms with Crippen LogP contribution in [0.5, 0.6) is 0 Å². The maximum atomic E-state index is 10.4. The first-order valence-electron chi connectivity index (χ1n) is 4.84. The van der Waals surface area contributed by atoms with Crippen LogP contribution in [-0.2, 0) is 9.53 Å². The Kier molecular flexibility index (Phi) is 4.21. The standard InChI is InChI=1S/C11H13N3O3/c1-3-8-7(4-5-9(15)16)6-13-10(8)14-11(12)17-2/h3-6H,1-2H3,(H,15,16)(H2,12,13,14)/b5-4+,8-3-. The highest BCUT2D eigenvalue weighted by molar-refractivity contribution is 6.10. The van der Waals surface area contributed by atoms with Crippen molar-refractivity contribution in [1.82, 2.24) is 5.32 Å². The van der Waals surface area contributed by atoms with E-state index in [9.17, 15) is 4.79 Å². The molecule has 0 saturated carbocycles. The van der Waals surface area contributed by atoms with E-state index in [2.05, 4.69) is 15.0 Å². The Balaban J connectivity index is 2.91. The van der Waals surface area contributed by atoms with Gasteiger partial charge in [0.1, 0.15) is 5.84 Å². The zero-order chi connectivity index (χ0) is 12.8. The number of amidine groups is 2. The molecule has 0 radical (unpaired) electrons. The van der Waals surface area contributed by atoms with Gasteiger partial charge >= 0.3 is 12.0 Å². The average Bonchev–Trinajstić information content (AvgIpc) is 2.68. The molecule has 0 fully saturated rings. The molecule has 1 aliphatic rings. The highest BCUT2D eigenvalue weighted by Crippen LogP contribution is 2.17. The molecular formula is C11H13N3O3. The molecule has 0 aromatic heterocycles. The van der Waals surface area contributed by atoms with E-state index in [1.165, 1.54) is 13.2 Å². The summed E-state index contributed by atoms with van der Waals surface area (Å²) in [5, 5.41) is 18.7. The summed E-state index contributed by atoms with van der Waals surface area (Å²) < 4.78 is 4.63. The number of ether oxygens (including phenoxy) is 1. The Hall–Kier alpha value is -2.37. The van der Waals surface area contributed by atoms with E-state index < -0.39 is 5.97 Å². The molecule has 0 atom stereocenters. The molecule has 0 amide bonds. The predicted octanol–water partition coefficient (Wildman–Crippen LogP) is 1.04. The second-order valence-electron chi connectivity index (χ2n) is 3.09. The van der Waals surface area contributed by atoms with Crippen molar-refractivity contribution in [3.63, 3.8) is 0 Å². The number of nitrogens with one attached hydrogen (secondary N) is 2. The number of carbonyl (C=O) groups is 1. The van der Waals surface area contributed by atoms with Crippen molar-refractivity contribution in [3.05, 3.63) is 35.6 Å². The lowest BCUT2D eigenvalue weighted by molar-refractivity contribution is -0.131. The fraction of sp³-hybridized carbons (Fsp3) is 0.182. The lowest BCUT2D eigenvalue weighted by atomic mass is 10.1. The minimum Gasteiger partial charge on any atom is -0.478 e. The van der Waals surface area contributed by atoms with Crippen LogP contribution in [0.25, 0.3) is 0 Å². The Bertz CT molecular complexity index is 459. The summed E-state index contributed by atoms with van der Waals surface area (Å²) in [5.41, 5.74) is 1.42. The first-order valence-corrected chi connectivity index (χ1v) is 4.84. The monoisotopic (exact) mass is 235 g/mol. The molecule has 0 unspecified atom stereocenters. The van der Waals surface area contributed by atoms with Gasteiger partial charge < -0.3 is 15.2 Å². The molecule has 6 heteroatoms. The third-order valence-electron chi connectivity index (χ3n) is 2.03. The molecule has 0 saturated heterocycles. The maximum absolute atomic E-state index is 10.4. The maximum Gasteiger partial charge on any atom is 0.328 e. The van der Waals surface area contributed by atoms with Crippen molar-refractivity contribution in [2.45, 2.75) is 6.92 Å². The van der Waals surface area contributed by atoms with Crippen LogP contribution in [0.15, 0.2) is 40.6 Å². The van der Waals surface area contributed by atoms with Crippen LogP contribution in [0.2, 0.25) is 0 Å². The van der Waals surface area contributed by atoms with Crippen molar-refractivity contribution in [2.24, 2.45) is 4.99 Å². The van der Waals surface area contributed by atoms with Gasteiger partial charge in [-0.1, -0.05) is 6.08 Å². The highest BCUT2D eigenvalue weighted by Gasteiger charge is 2.16. The number of carboxylic acids is 1. The summed E-state index contributed by atoms with van der Waals surface area (Å²) in [5.74, 6) is -0.555. The second-order valence-corrected chi connectivity index (χ2v) is 3.09. The van der Waals surface area contributed by atoms with E-state index in [-0.39, 0.29) is 6.02 Å². The fourth-order valence-electron chi connectivity index (χ4n) is 1.28. The van der Waals surface area contributed by atoms with Crippen LogP contribution in [0.3, 0.4) is 0 Å². The molecule has 0 spiro atoms. The molecule has 17 heavy (non-hydrogen) atoms. The summed E-state index contributed by atoms with van der Waals surface area (Å²) in [6.07, 6.45) is 5.90. The summed E-state index contributed by atoms with van der Waals surface area (Å²) in [6, 6.07) is -0.219. The zero-order valence-electron chi connectivity index (χ0n) is 9.52. The lowest BCUT2D eigenvalue weighted by Gasteiger charge is -2.02. The van der Waals surface area contributed by atoms with Crippen molar-refractivity contribution in [1.29, 1.82) is 5.41 Å². The van der Waals surface area contributed by atoms with Crippen molar-refractivity contribution in [2.75, 3.05) is 7.11 Å². The zero-order valence-corrected chi connectivity index (χ0v) is 9.52. The molecule has 6 nitrogen and oxygen atoms in total. The van der Waals surface area contributed by atoms with Crippen molar-refractivity contribution >= 4 is 17.8 Å². The Morgan fingerprint density at radius 3 is 2.88 bits per heavy atom. The number of allylic oxidation sites excluding steroid dienone is 2. The number of rotatable bonds is 2. The van der Waals surface area contributed by atoms with Gasteiger partial charge in [-0.15, -0.1) is 0 Å². The van der Waals surface area contributed by atoms with E-state index in [0.29, 0.717) is 11.4 Å². The molecule has 0 aromatic carbocycles. The van der Waals surface area contributed by atoms with Crippen LogP contribution in [0, 0.1) is 5.41 Å². The van der Waals surface area contributed by atoms with Gasteiger partial charge in [0.15, 0.2) is 0 Å². The number of nitrogens with zero attached hydrogens (tertiary/aromatic N) is 1. The molecule has 90 valence electrons. The third-order valence-corrected chi connectivity index (χ3v) is 2.03. The largest absolute Gasteiger partial charge is 0.478 e. The fourth-order valence-corrected chi connectivity index (χ4v) is 1.28. The van der Waals surface area contributed by atoms with Crippen molar-refractivity contribution in [3.8, 4) is 0 Å². The molecular weight excluding hydrogens is 222 g/mol.